The zero-order chi connectivity index (χ0) is 24.5. The van der Waals surface area contributed by atoms with Crippen LogP contribution in [0.15, 0.2) is 66.9 Å². The van der Waals surface area contributed by atoms with Crippen molar-refractivity contribution in [3.63, 3.8) is 0 Å². The number of pyridine rings is 1. The number of ether oxygens (including phenoxy) is 2. The number of carbonyl (C=O) groups is 1. The van der Waals surface area contributed by atoms with Crippen molar-refractivity contribution < 1.29 is 27.4 Å². The van der Waals surface area contributed by atoms with Gasteiger partial charge < -0.3 is 20.5 Å². The van der Waals surface area contributed by atoms with E-state index < -0.39 is 17.6 Å². The van der Waals surface area contributed by atoms with E-state index in [1.807, 2.05) is 6.07 Å². The smallest absolute Gasteiger partial charge is 0.418 e. The Morgan fingerprint density at radius 1 is 1.06 bits per heavy atom. The van der Waals surface area contributed by atoms with E-state index in [0.717, 1.165) is 17.0 Å². The third-order valence-electron chi connectivity index (χ3n) is 4.92. The first-order chi connectivity index (χ1) is 16.2. The number of rotatable bonds is 6. The van der Waals surface area contributed by atoms with Gasteiger partial charge in [-0.3, -0.25) is 9.78 Å². The van der Waals surface area contributed by atoms with E-state index in [1.165, 1.54) is 25.3 Å². The van der Waals surface area contributed by atoms with Gasteiger partial charge in [-0.05, 0) is 48.5 Å². The van der Waals surface area contributed by atoms with Gasteiger partial charge in [0.15, 0.2) is 0 Å². The van der Waals surface area contributed by atoms with Crippen LogP contribution in [0.3, 0.4) is 0 Å². The van der Waals surface area contributed by atoms with Gasteiger partial charge in [0.05, 0.1) is 34.5 Å². The number of halogens is 4. The molecule has 0 saturated heterocycles. The summed E-state index contributed by atoms with van der Waals surface area (Å²) in [5.74, 6) is -0.301. The molecule has 0 unspecified atom stereocenters. The molecule has 0 bridgehead atoms. The normalized spacial score (nSPS) is 11.3. The van der Waals surface area contributed by atoms with Gasteiger partial charge >= 0.3 is 6.18 Å². The maximum Gasteiger partial charge on any atom is 0.418 e. The number of methoxy groups -OCH3 is 1. The maximum atomic E-state index is 13.6. The minimum absolute atomic E-state index is 0.0974. The van der Waals surface area contributed by atoms with Crippen LogP contribution >= 0.6 is 11.6 Å². The van der Waals surface area contributed by atoms with E-state index in [4.69, 9.17) is 26.8 Å². The van der Waals surface area contributed by atoms with Crippen molar-refractivity contribution in [2.24, 2.45) is 5.73 Å². The molecule has 1 aromatic heterocycles. The third-order valence-corrected chi connectivity index (χ3v) is 5.22. The van der Waals surface area contributed by atoms with Crippen molar-refractivity contribution in [2.75, 3.05) is 12.4 Å². The second-order valence-corrected chi connectivity index (χ2v) is 7.60. The molecule has 4 aromatic rings. The van der Waals surface area contributed by atoms with Crippen LogP contribution in [0.4, 0.5) is 24.5 Å². The quantitative estimate of drug-likeness (QED) is 0.322. The van der Waals surface area contributed by atoms with E-state index >= 15 is 0 Å². The minimum Gasteiger partial charge on any atom is -0.496 e. The molecule has 174 valence electrons. The molecule has 1 amide bonds. The summed E-state index contributed by atoms with van der Waals surface area (Å²) in [5, 5.41) is 3.72. The number of fused-ring (bicyclic) bond motifs is 1. The standard InChI is InChI=1S/C24H17ClF3N3O3/c1-33-22-12-20(17(24(26,27)28)11-16(22)23(29)32)31-14-4-7-21(18(25)10-14)34-15-5-6-19-13(9-15)3-2-8-30-19/h2-12,31H,1H3,(H2,29,32). The van der Waals surface area contributed by atoms with Crippen molar-refractivity contribution in [1.82, 2.24) is 4.98 Å². The molecule has 0 aliphatic heterocycles. The molecule has 3 aromatic carbocycles. The second-order valence-electron chi connectivity index (χ2n) is 7.19. The fourth-order valence-electron chi connectivity index (χ4n) is 3.34. The van der Waals surface area contributed by atoms with Crippen LogP contribution < -0.4 is 20.5 Å². The number of aromatic nitrogens is 1. The summed E-state index contributed by atoms with van der Waals surface area (Å²) in [6.07, 6.45) is -3.07. The Bertz CT molecular complexity index is 1390. The molecule has 0 saturated carbocycles. The van der Waals surface area contributed by atoms with Gasteiger partial charge in [-0.1, -0.05) is 17.7 Å². The fourth-order valence-corrected chi connectivity index (χ4v) is 3.56. The van der Waals surface area contributed by atoms with Crippen LogP contribution in [0, 0.1) is 0 Å². The lowest BCUT2D eigenvalue weighted by Crippen LogP contribution is -2.16. The lowest BCUT2D eigenvalue weighted by atomic mass is 10.1. The molecule has 4 rings (SSSR count). The van der Waals surface area contributed by atoms with Gasteiger partial charge in [-0.25, -0.2) is 0 Å². The van der Waals surface area contributed by atoms with E-state index in [1.54, 1.807) is 30.5 Å². The van der Waals surface area contributed by atoms with Crippen molar-refractivity contribution in [1.29, 1.82) is 0 Å². The molecule has 10 heteroatoms. The average Bonchev–Trinajstić information content (AvgIpc) is 2.79. The van der Waals surface area contributed by atoms with Crippen LogP contribution in [0.5, 0.6) is 17.2 Å². The van der Waals surface area contributed by atoms with Gasteiger partial charge in [0.2, 0.25) is 0 Å². The largest absolute Gasteiger partial charge is 0.496 e. The van der Waals surface area contributed by atoms with Crippen LogP contribution in [0.25, 0.3) is 10.9 Å². The first kappa shape index (κ1) is 23.2. The Morgan fingerprint density at radius 2 is 1.85 bits per heavy atom. The number of anilines is 2. The van der Waals surface area contributed by atoms with Crippen molar-refractivity contribution >= 4 is 39.8 Å². The lowest BCUT2D eigenvalue weighted by molar-refractivity contribution is -0.136. The highest BCUT2D eigenvalue weighted by Crippen LogP contribution is 2.41. The summed E-state index contributed by atoms with van der Waals surface area (Å²) >= 11 is 6.33. The first-order valence-electron chi connectivity index (χ1n) is 9.84. The fraction of sp³-hybridized carbons (Fsp3) is 0.0833. The zero-order valence-electron chi connectivity index (χ0n) is 17.6. The SMILES string of the molecule is COc1cc(Nc2ccc(Oc3ccc4ncccc4c3)c(Cl)c2)c(C(F)(F)F)cc1C(N)=O. The number of nitrogens with one attached hydrogen (secondary N) is 1. The summed E-state index contributed by atoms with van der Waals surface area (Å²) < 4.78 is 51.8. The van der Waals surface area contributed by atoms with Gasteiger partial charge in [-0.15, -0.1) is 0 Å². The summed E-state index contributed by atoms with van der Waals surface area (Å²) in [5.41, 5.74) is 4.47. The lowest BCUT2D eigenvalue weighted by Gasteiger charge is -2.18. The summed E-state index contributed by atoms with van der Waals surface area (Å²) in [4.78, 5) is 15.8. The topological polar surface area (TPSA) is 86.5 Å². The number of amides is 1. The molecule has 0 radical (unpaired) electrons. The van der Waals surface area contributed by atoms with E-state index in [-0.39, 0.29) is 27.7 Å². The first-order valence-corrected chi connectivity index (χ1v) is 10.2. The molecule has 34 heavy (non-hydrogen) atoms. The van der Waals surface area contributed by atoms with Gasteiger partial charge in [0, 0.05) is 23.3 Å². The number of benzene rings is 3. The number of hydrogen-bond acceptors (Lipinski definition) is 5. The highest BCUT2D eigenvalue weighted by atomic mass is 35.5. The highest BCUT2D eigenvalue weighted by Gasteiger charge is 2.35. The van der Waals surface area contributed by atoms with Crippen molar-refractivity contribution in [3.8, 4) is 17.2 Å². The molecule has 6 nitrogen and oxygen atoms in total. The number of alkyl halides is 3. The molecule has 0 fully saturated rings. The Labute approximate surface area is 197 Å². The Morgan fingerprint density at radius 3 is 2.53 bits per heavy atom. The molecule has 0 aliphatic carbocycles. The van der Waals surface area contributed by atoms with Crippen LogP contribution in [-0.4, -0.2) is 18.0 Å². The second kappa shape index (κ2) is 9.11. The summed E-state index contributed by atoms with van der Waals surface area (Å²) in [6.45, 7) is 0. The third kappa shape index (κ3) is 4.84. The number of nitrogens with two attached hydrogens (primary N) is 1. The average molecular weight is 488 g/mol. The van der Waals surface area contributed by atoms with Gasteiger partial charge in [-0.2, -0.15) is 13.2 Å². The number of primary amides is 1. The molecule has 0 atom stereocenters. The van der Waals surface area contributed by atoms with Crippen LogP contribution in [0.1, 0.15) is 15.9 Å². The van der Waals surface area contributed by atoms with Crippen molar-refractivity contribution in [3.05, 3.63) is 83.0 Å². The molecular formula is C24H17ClF3N3O3. The molecule has 1 heterocycles. The maximum absolute atomic E-state index is 13.6. The van der Waals surface area contributed by atoms with Crippen LogP contribution in [-0.2, 0) is 6.18 Å². The van der Waals surface area contributed by atoms with Gasteiger partial charge in [0.1, 0.15) is 17.2 Å². The summed E-state index contributed by atoms with van der Waals surface area (Å²) in [7, 11) is 1.23. The molecule has 3 N–H and O–H groups in total. The molecule has 0 aliphatic rings. The monoisotopic (exact) mass is 487 g/mol. The predicted molar refractivity (Wildman–Crippen MR) is 123 cm³/mol. The molecule has 0 spiro atoms. The zero-order valence-corrected chi connectivity index (χ0v) is 18.4. The predicted octanol–water partition coefficient (Wildman–Crippen LogP) is 6.55. The van der Waals surface area contributed by atoms with E-state index in [0.29, 0.717) is 17.6 Å². The highest BCUT2D eigenvalue weighted by molar-refractivity contribution is 6.32. The van der Waals surface area contributed by atoms with Crippen molar-refractivity contribution in [2.45, 2.75) is 6.18 Å². The Kier molecular flexibility index (Phi) is 6.21. The van der Waals surface area contributed by atoms with Gasteiger partial charge in [0.25, 0.3) is 5.91 Å². The van der Waals surface area contributed by atoms with E-state index in [9.17, 15) is 18.0 Å². The minimum atomic E-state index is -4.75. The summed E-state index contributed by atoms with van der Waals surface area (Å²) in [6, 6.07) is 15.2. The Balaban J connectivity index is 1.63. The Hall–Kier alpha value is -3.98. The number of nitrogens with zero attached hydrogens (tertiary/aromatic N) is 1. The number of carbonyl (C=O) groups excluding carboxylic acids is 1. The van der Waals surface area contributed by atoms with Crippen LogP contribution in [0.2, 0.25) is 5.02 Å². The number of hydrogen-bond donors (Lipinski definition) is 2. The van der Waals surface area contributed by atoms with E-state index in [2.05, 4.69) is 10.3 Å². The molecular weight excluding hydrogens is 471 g/mol.